The molecule has 2 aliphatic rings. The zero-order chi connectivity index (χ0) is 20.1. The number of urea groups is 1. The van der Waals surface area contributed by atoms with E-state index in [4.69, 9.17) is 4.74 Å². The van der Waals surface area contributed by atoms with Crippen LogP contribution in [0.3, 0.4) is 0 Å². The maximum Gasteiger partial charge on any atom is 0.317 e. The predicted molar refractivity (Wildman–Crippen MR) is 99.9 cm³/mol. The van der Waals surface area contributed by atoms with Gasteiger partial charge >= 0.3 is 6.03 Å². The summed E-state index contributed by atoms with van der Waals surface area (Å²) in [5.74, 6) is -1.74. The number of methoxy groups -OCH3 is 1. The van der Waals surface area contributed by atoms with Crippen LogP contribution in [0.5, 0.6) is 0 Å². The van der Waals surface area contributed by atoms with E-state index in [1.165, 1.54) is 13.2 Å². The molecule has 2 heterocycles. The van der Waals surface area contributed by atoms with Crippen molar-refractivity contribution in [3.05, 3.63) is 35.4 Å². The van der Waals surface area contributed by atoms with E-state index < -0.39 is 11.6 Å². The zero-order valence-corrected chi connectivity index (χ0v) is 16.1. The van der Waals surface area contributed by atoms with Gasteiger partial charge in [-0.1, -0.05) is 6.07 Å². The number of nitrogens with zero attached hydrogens (tertiary/aromatic N) is 2. The molecule has 8 heteroatoms. The monoisotopic (exact) mass is 395 g/mol. The topological polar surface area (TPSA) is 61.9 Å². The Morgan fingerprint density at radius 3 is 2.54 bits per heavy atom. The van der Waals surface area contributed by atoms with Crippen molar-refractivity contribution in [2.45, 2.75) is 37.6 Å². The van der Waals surface area contributed by atoms with Gasteiger partial charge in [-0.15, -0.1) is 0 Å². The molecule has 154 valence electrons. The van der Waals surface area contributed by atoms with Gasteiger partial charge in [0.05, 0.1) is 0 Å². The van der Waals surface area contributed by atoms with Gasteiger partial charge in [-0.3, -0.25) is 4.79 Å². The lowest BCUT2D eigenvalue weighted by molar-refractivity contribution is -0.136. The number of likely N-dealkylation sites (tertiary alicyclic amines) is 2. The molecule has 1 unspecified atom stereocenters. The number of ether oxygens (including phenoxy) is 1. The summed E-state index contributed by atoms with van der Waals surface area (Å²) in [4.78, 5) is 28.0. The number of amides is 3. The van der Waals surface area contributed by atoms with Crippen molar-refractivity contribution >= 4 is 11.9 Å². The third-order valence-electron chi connectivity index (χ3n) is 5.57. The molecule has 3 amide bonds. The third-order valence-corrected chi connectivity index (χ3v) is 5.57. The molecule has 1 atom stereocenters. The van der Waals surface area contributed by atoms with E-state index in [0.717, 1.165) is 24.5 Å². The standard InChI is InChI=1S/C20H27F2N3O3/c1-28-13-19(26)24-9-6-16(7-10-24)23-20(27)25-8-2-3-15(12-25)14-4-5-17(21)18(22)11-14/h4-5,11,15-16H,2-3,6-10,12-13H2,1H3,(H,23,27). The minimum absolute atomic E-state index is 0.00288. The van der Waals surface area contributed by atoms with Crippen LogP contribution in [0.2, 0.25) is 0 Å². The van der Waals surface area contributed by atoms with Gasteiger partial charge in [0.15, 0.2) is 11.6 Å². The molecule has 0 aliphatic carbocycles. The molecule has 2 saturated heterocycles. The van der Waals surface area contributed by atoms with Crippen LogP contribution in [-0.2, 0) is 9.53 Å². The van der Waals surface area contributed by atoms with E-state index >= 15 is 0 Å². The summed E-state index contributed by atoms with van der Waals surface area (Å²) in [5.41, 5.74) is 0.723. The van der Waals surface area contributed by atoms with Crippen molar-refractivity contribution in [1.29, 1.82) is 0 Å². The largest absolute Gasteiger partial charge is 0.375 e. The van der Waals surface area contributed by atoms with Crippen LogP contribution < -0.4 is 5.32 Å². The van der Waals surface area contributed by atoms with E-state index in [1.807, 2.05) is 0 Å². The highest BCUT2D eigenvalue weighted by atomic mass is 19.2. The number of halogens is 2. The minimum Gasteiger partial charge on any atom is -0.375 e. The average molecular weight is 395 g/mol. The summed E-state index contributed by atoms with van der Waals surface area (Å²) in [6.07, 6.45) is 3.08. The average Bonchev–Trinajstić information content (AvgIpc) is 2.71. The lowest BCUT2D eigenvalue weighted by Gasteiger charge is -2.36. The molecule has 1 aromatic rings. The van der Waals surface area contributed by atoms with Gasteiger partial charge in [0.2, 0.25) is 5.91 Å². The lowest BCUT2D eigenvalue weighted by Crippen LogP contribution is -2.52. The molecule has 0 radical (unpaired) electrons. The van der Waals surface area contributed by atoms with E-state index in [2.05, 4.69) is 5.32 Å². The Morgan fingerprint density at radius 1 is 1.11 bits per heavy atom. The first-order chi connectivity index (χ1) is 13.5. The SMILES string of the molecule is COCC(=O)N1CCC(NC(=O)N2CCCC(c3ccc(F)c(F)c3)C2)CC1. The summed E-state index contributed by atoms with van der Waals surface area (Å²) in [7, 11) is 1.50. The lowest BCUT2D eigenvalue weighted by atomic mass is 9.90. The van der Waals surface area contributed by atoms with Gasteiger partial charge < -0.3 is 19.9 Å². The molecular formula is C20H27F2N3O3. The van der Waals surface area contributed by atoms with E-state index in [1.54, 1.807) is 15.9 Å². The third kappa shape index (κ3) is 4.98. The number of hydrogen-bond donors (Lipinski definition) is 1. The Hall–Kier alpha value is -2.22. The van der Waals surface area contributed by atoms with Crippen LogP contribution in [0.4, 0.5) is 13.6 Å². The molecule has 2 fully saturated rings. The second-order valence-corrected chi connectivity index (χ2v) is 7.50. The highest BCUT2D eigenvalue weighted by molar-refractivity contribution is 5.77. The van der Waals surface area contributed by atoms with Crippen molar-refractivity contribution in [2.75, 3.05) is 39.9 Å². The normalized spacial score (nSPS) is 20.9. The van der Waals surface area contributed by atoms with Gasteiger partial charge in [-0.05, 0) is 43.4 Å². The molecule has 1 aromatic carbocycles. The summed E-state index contributed by atoms with van der Waals surface area (Å²) >= 11 is 0. The van der Waals surface area contributed by atoms with Crippen LogP contribution in [0.1, 0.15) is 37.2 Å². The predicted octanol–water partition coefficient (Wildman–Crippen LogP) is 2.49. The summed E-state index contributed by atoms with van der Waals surface area (Å²) in [6.45, 7) is 2.42. The van der Waals surface area contributed by atoms with Crippen LogP contribution >= 0.6 is 0 Å². The molecular weight excluding hydrogens is 368 g/mol. The molecule has 2 aliphatic heterocycles. The van der Waals surface area contributed by atoms with E-state index in [9.17, 15) is 18.4 Å². The maximum absolute atomic E-state index is 13.5. The summed E-state index contributed by atoms with van der Waals surface area (Å²) < 4.78 is 31.6. The number of carbonyl (C=O) groups is 2. The highest BCUT2D eigenvalue weighted by Gasteiger charge is 2.28. The maximum atomic E-state index is 13.5. The quantitative estimate of drug-likeness (QED) is 0.852. The molecule has 0 saturated carbocycles. The zero-order valence-electron chi connectivity index (χ0n) is 16.1. The van der Waals surface area contributed by atoms with Crippen molar-refractivity contribution < 1.29 is 23.1 Å². The number of carbonyl (C=O) groups excluding carboxylic acids is 2. The second-order valence-electron chi connectivity index (χ2n) is 7.50. The van der Waals surface area contributed by atoms with Gasteiger partial charge in [0.25, 0.3) is 0 Å². The fraction of sp³-hybridized carbons (Fsp3) is 0.600. The van der Waals surface area contributed by atoms with Crippen molar-refractivity contribution in [2.24, 2.45) is 0 Å². The minimum atomic E-state index is -0.857. The number of piperidine rings is 2. The molecule has 0 bridgehead atoms. The van der Waals surface area contributed by atoms with E-state index in [-0.39, 0.29) is 30.5 Å². The van der Waals surface area contributed by atoms with Gasteiger partial charge in [-0.25, -0.2) is 13.6 Å². The van der Waals surface area contributed by atoms with Crippen molar-refractivity contribution in [3.63, 3.8) is 0 Å². The number of hydrogen-bond acceptors (Lipinski definition) is 3. The molecule has 3 rings (SSSR count). The Kier molecular flexibility index (Phi) is 6.83. The second kappa shape index (κ2) is 9.32. The Balaban J connectivity index is 1.50. The van der Waals surface area contributed by atoms with Crippen molar-refractivity contribution in [3.8, 4) is 0 Å². The molecule has 6 nitrogen and oxygen atoms in total. The summed E-state index contributed by atoms with van der Waals surface area (Å²) in [6, 6.07) is 3.87. The fourth-order valence-corrected chi connectivity index (χ4v) is 3.95. The molecule has 0 aromatic heterocycles. The van der Waals surface area contributed by atoms with E-state index in [0.29, 0.717) is 39.0 Å². The Morgan fingerprint density at radius 2 is 1.86 bits per heavy atom. The van der Waals surface area contributed by atoms with Crippen LogP contribution in [0.15, 0.2) is 18.2 Å². The number of benzene rings is 1. The first-order valence-electron chi connectivity index (χ1n) is 9.75. The molecule has 28 heavy (non-hydrogen) atoms. The summed E-state index contributed by atoms with van der Waals surface area (Å²) in [5, 5.41) is 3.06. The highest BCUT2D eigenvalue weighted by Crippen LogP contribution is 2.28. The van der Waals surface area contributed by atoms with Gasteiger partial charge in [0.1, 0.15) is 6.61 Å². The molecule has 1 N–H and O–H groups in total. The van der Waals surface area contributed by atoms with Crippen LogP contribution in [-0.4, -0.2) is 67.7 Å². The van der Waals surface area contributed by atoms with Crippen LogP contribution in [0, 0.1) is 11.6 Å². The Labute approximate surface area is 163 Å². The fourth-order valence-electron chi connectivity index (χ4n) is 3.95. The number of nitrogens with one attached hydrogen (secondary N) is 1. The first kappa shape index (κ1) is 20.5. The van der Waals surface area contributed by atoms with Crippen molar-refractivity contribution in [1.82, 2.24) is 15.1 Å². The van der Waals surface area contributed by atoms with Gasteiger partial charge in [-0.2, -0.15) is 0 Å². The smallest absolute Gasteiger partial charge is 0.317 e. The Bertz CT molecular complexity index is 708. The number of rotatable bonds is 4. The molecule has 0 spiro atoms. The van der Waals surface area contributed by atoms with Gasteiger partial charge in [0, 0.05) is 45.2 Å². The van der Waals surface area contributed by atoms with Crippen LogP contribution in [0.25, 0.3) is 0 Å². The first-order valence-corrected chi connectivity index (χ1v) is 9.75.